The highest BCUT2D eigenvalue weighted by Gasteiger charge is 2.54. The highest BCUT2D eigenvalue weighted by atomic mass is 16.8. The Kier molecular flexibility index (Phi) is 5.38. The minimum absolute atomic E-state index is 0.0126. The molecule has 0 radical (unpaired) electrons. The zero-order chi connectivity index (χ0) is 18.0. The van der Waals surface area contributed by atoms with Crippen molar-refractivity contribution in [2.75, 3.05) is 6.61 Å². The number of fused-ring (bicyclic) bond motifs is 5. The first kappa shape index (κ1) is 18.2. The van der Waals surface area contributed by atoms with Crippen LogP contribution in [-0.4, -0.2) is 30.1 Å². The lowest BCUT2D eigenvalue weighted by atomic mass is 9.66. The van der Waals surface area contributed by atoms with Crippen LogP contribution >= 0.6 is 0 Å². The molecule has 1 heterocycles. The van der Waals surface area contributed by atoms with Gasteiger partial charge in [0.2, 0.25) is 0 Å². The fourth-order valence-electron chi connectivity index (χ4n) is 4.49. The number of carbonyl (C=O) groups is 1. The number of ether oxygens (including phenoxy) is 2. The van der Waals surface area contributed by atoms with Crippen LogP contribution in [0.3, 0.4) is 0 Å². The fourth-order valence-corrected chi connectivity index (χ4v) is 4.49. The van der Waals surface area contributed by atoms with Crippen LogP contribution in [0.4, 0.5) is 4.79 Å². The summed E-state index contributed by atoms with van der Waals surface area (Å²) >= 11 is 0. The molecule has 25 heavy (non-hydrogen) atoms. The standard InChI is InChI=1S/C21H30O4/c1-14-6-4-7-15(2)9-10-17-16(13-22)12-21(3,11-5-8-14)19-18(17)24-20(23)25-19/h7-8,12,17-19,22H,4-6,9-11,13H2,1-3H3/b14-8+,15-7+/t17-,18-,19-,21-/m0/s1. The Labute approximate surface area is 150 Å². The highest BCUT2D eigenvalue weighted by Crippen LogP contribution is 2.48. The smallest absolute Gasteiger partial charge is 0.426 e. The molecule has 1 fully saturated rings. The molecule has 1 aliphatic heterocycles. The third kappa shape index (κ3) is 3.84. The summed E-state index contributed by atoms with van der Waals surface area (Å²) in [6, 6.07) is 0. The topological polar surface area (TPSA) is 55.8 Å². The van der Waals surface area contributed by atoms with Gasteiger partial charge in [-0.1, -0.05) is 36.3 Å². The fraction of sp³-hybridized carbons (Fsp3) is 0.667. The second-order valence-electron chi connectivity index (χ2n) is 8.08. The first-order valence-electron chi connectivity index (χ1n) is 9.44. The summed E-state index contributed by atoms with van der Waals surface area (Å²) in [7, 11) is 0. The van der Waals surface area contributed by atoms with Gasteiger partial charge in [-0.05, 0) is 57.9 Å². The van der Waals surface area contributed by atoms with Gasteiger partial charge >= 0.3 is 6.16 Å². The molecule has 2 aliphatic carbocycles. The second kappa shape index (κ2) is 7.36. The van der Waals surface area contributed by atoms with E-state index in [1.54, 1.807) is 0 Å². The van der Waals surface area contributed by atoms with Gasteiger partial charge in [0.1, 0.15) is 6.10 Å². The molecule has 3 aliphatic rings. The number of carbonyl (C=O) groups excluding carboxylic acids is 1. The summed E-state index contributed by atoms with van der Waals surface area (Å²) in [6.07, 6.45) is 11.5. The van der Waals surface area contributed by atoms with E-state index >= 15 is 0 Å². The van der Waals surface area contributed by atoms with Crippen LogP contribution in [0.1, 0.15) is 59.3 Å². The van der Waals surface area contributed by atoms with E-state index in [9.17, 15) is 9.90 Å². The second-order valence-corrected chi connectivity index (χ2v) is 8.08. The van der Waals surface area contributed by atoms with Gasteiger partial charge in [0.25, 0.3) is 0 Å². The van der Waals surface area contributed by atoms with Gasteiger partial charge in [-0.15, -0.1) is 0 Å². The molecule has 0 aromatic carbocycles. The maximum atomic E-state index is 11.9. The summed E-state index contributed by atoms with van der Waals surface area (Å²) < 4.78 is 11.2. The maximum Gasteiger partial charge on any atom is 0.509 e. The SMILES string of the molecule is C/C1=C\CC[C@@]2(C)C=C(CO)[C@H](CC/C(C)=C/CC1)[C@@H]1OC(=O)O[C@@H]12. The Morgan fingerprint density at radius 1 is 1.16 bits per heavy atom. The Bertz CT molecular complexity index is 615. The van der Waals surface area contributed by atoms with Crippen LogP contribution in [0.5, 0.6) is 0 Å². The molecular formula is C21H30O4. The largest absolute Gasteiger partial charge is 0.509 e. The van der Waals surface area contributed by atoms with Gasteiger partial charge in [-0.25, -0.2) is 4.79 Å². The predicted octanol–water partition coefficient (Wildman–Crippen LogP) is 4.69. The minimum Gasteiger partial charge on any atom is -0.426 e. The Morgan fingerprint density at radius 3 is 2.64 bits per heavy atom. The molecule has 138 valence electrons. The van der Waals surface area contributed by atoms with E-state index in [1.165, 1.54) is 11.1 Å². The maximum absolute atomic E-state index is 11.9. The molecule has 2 bridgehead atoms. The molecule has 3 rings (SSSR count). The van der Waals surface area contributed by atoms with Gasteiger partial charge in [0, 0.05) is 11.3 Å². The number of allylic oxidation sites excluding steroid dienone is 4. The Balaban J connectivity index is 1.97. The van der Waals surface area contributed by atoms with E-state index in [2.05, 4.69) is 39.0 Å². The van der Waals surface area contributed by atoms with Crippen molar-refractivity contribution in [2.45, 2.75) is 71.5 Å². The number of hydrogen-bond acceptors (Lipinski definition) is 4. The van der Waals surface area contributed by atoms with E-state index in [4.69, 9.17) is 9.47 Å². The van der Waals surface area contributed by atoms with E-state index < -0.39 is 6.16 Å². The van der Waals surface area contributed by atoms with Gasteiger partial charge in [-0.2, -0.15) is 0 Å². The third-order valence-electron chi connectivity index (χ3n) is 6.03. The number of rotatable bonds is 1. The molecule has 1 N–H and O–H groups in total. The molecule has 1 saturated heterocycles. The molecule has 4 atom stereocenters. The van der Waals surface area contributed by atoms with E-state index in [-0.39, 0.29) is 30.1 Å². The van der Waals surface area contributed by atoms with Crippen LogP contribution < -0.4 is 0 Å². The first-order chi connectivity index (χ1) is 11.9. The monoisotopic (exact) mass is 346 g/mol. The zero-order valence-corrected chi connectivity index (χ0v) is 15.6. The van der Waals surface area contributed by atoms with Crippen molar-refractivity contribution in [3.8, 4) is 0 Å². The van der Waals surface area contributed by atoms with Crippen molar-refractivity contribution in [1.29, 1.82) is 0 Å². The van der Waals surface area contributed by atoms with E-state index in [0.717, 1.165) is 44.1 Å². The van der Waals surface area contributed by atoms with Gasteiger partial charge in [-0.3, -0.25) is 0 Å². The van der Waals surface area contributed by atoms with E-state index in [0.29, 0.717) is 0 Å². The van der Waals surface area contributed by atoms with Gasteiger partial charge < -0.3 is 14.6 Å². The number of aliphatic hydroxyl groups is 1. The van der Waals surface area contributed by atoms with Crippen molar-refractivity contribution < 1.29 is 19.4 Å². The van der Waals surface area contributed by atoms with Crippen LogP contribution in [0, 0.1) is 11.3 Å². The summed E-state index contributed by atoms with van der Waals surface area (Å²) in [4.78, 5) is 11.9. The quantitative estimate of drug-likeness (QED) is 0.553. The molecule has 0 unspecified atom stereocenters. The molecule has 0 aromatic rings. The van der Waals surface area contributed by atoms with Crippen molar-refractivity contribution >= 4 is 6.16 Å². The molecule has 0 spiro atoms. The van der Waals surface area contributed by atoms with Crippen molar-refractivity contribution in [2.24, 2.45) is 11.3 Å². The minimum atomic E-state index is -0.567. The van der Waals surface area contributed by atoms with Crippen molar-refractivity contribution in [3.05, 3.63) is 34.9 Å². The lowest BCUT2D eigenvalue weighted by molar-refractivity contribution is 0.0166. The van der Waals surface area contributed by atoms with Gasteiger partial charge in [0.15, 0.2) is 6.10 Å². The van der Waals surface area contributed by atoms with E-state index in [1.807, 2.05) is 0 Å². The third-order valence-corrected chi connectivity index (χ3v) is 6.03. The average Bonchev–Trinajstić information content (AvgIpc) is 2.96. The van der Waals surface area contributed by atoms with Crippen LogP contribution in [0.2, 0.25) is 0 Å². The summed E-state index contributed by atoms with van der Waals surface area (Å²) in [5.74, 6) is 0.0399. The van der Waals surface area contributed by atoms with Crippen molar-refractivity contribution in [3.63, 3.8) is 0 Å². The number of aliphatic hydroxyl groups excluding tert-OH is 1. The Hall–Kier alpha value is -1.55. The summed E-state index contributed by atoms with van der Waals surface area (Å²) in [5.41, 5.74) is 3.46. The van der Waals surface area contributed by atoms with Gasteiger partial charge in [0.05, 0.1) is 6.61 Å². The zero-order valence-electron chi connectivity index (χ0n) is 15.6. The summed E-state index contributed by atoms with van der Waals surface area (Å²) in [6.45, 7) is 6.48. The lowest BCUT2D eigenvalue weighted by Crippen LogP contribution is -2.47. The average molecular weight is 346 g/mol. The van der Waals surface area contributed by atoms with Crippen LogP contribution in [-0.2, 0) is 9.47 Å². The predicted molar refractivity (Wildman–Crippen MR) is 97.1 cm³/mol. The normalized spacial score (nSPS) is 40.6. The highest BCUT2D eigenvalue weighted by molar-refractivity contribution is 5.63. The molecule has 4 heteroatoms. The lowest BCUT2D eigenvalue weighted by Gasteiger charge is -2.42. The molecule has 0 saturated carbocycles. The van der Waals surface area contributed by atoms with Crippen molar-refractivity contribution in [1.82, 2.24) is 0 Å². The molecular weight excluding hydrogens is 316 g/mol. The van der Waals surface area contributed by atoms with Crippen LogP contribution in [0.25, 0.3) is 0 Å². The Morgan fingerprint density at radius 2 is 1.88 bits per heavy atom. The number of hydrogen-bond donors (Lipinski definition) is 1. The molecule has 0 aromatic heterocycles. The molecule has 4 nitrogen and oxygen atoms in total. The summed E-state index contributed by atoms with van der Waals surface area (Å²) in [5, 5.41) is 9.95. The van der Waals surface area contributed by atoms with Crippen LogP contribution in [0.15, 0.2) is 34.9 Å². The first-order valence-corrected chi connectivity index (χ1v) is 9.44. The molecule has 0 amide bonds.